The molecular formula is C33H31F4N5O6. The van der Waals surface area contributed by atoms with Gasteiger partial charge in [-0.3, -0.25) is 14.3 Å². The highest BCUT2D eigenvalue weighted by atomic mass is 19.4. The number of aliphatic hydroxyl groups is 1. The van der Waals surface area contributed by atoms with Crippen molar-refractivity contribution < 1.29 is 46.5 Å². The molecule has 11 nitrogen and oxygen atoms in total. The zero-order valence-electron chi connectivity index (χ0n) is 25.9. The van der Waals surface area contributed by atoms with Crippen molar-refractivity contribution in [3.05, 3.63) is 71.3 Å². The predicted octanol–water partition coefficient (Wildman–Crippen LogP) is 3.93. The van der Waals surface area contributed by atoms with Crippen molar-refractivity contribution in [2.75, 3.05) is 33.5 Å². The van der Waals surface area contributed by atoms with Gasteiger partial charge < -0.3 is 30.0 Å². The number of halogens is 4. The summed E-state index contributed by atoms with van der Waals surface area (Å²) in [6.45, 7) is 0.522. The maximum absolute atomic E-state index is 14.9. The molecule has 0 unspecified atom stereocenters. The maximum atomic E-state index is 14.9. The second kappa shape index (κ2) is 11.4. The average molecular weight is 670 g/mol. The van der Waals surface area contributed by atoms with E-state index in [1.54, 1.807) is 10.9 Å². The van der Waals surface area contributed by atoms with E-state index in [9.17, 15) is 32.3 Å². The summed E-state index contributed by atoms with van der Waals surface area (Å²) >= 11 is 0. The van der Waals surface area contributed by atoms with Gasteiger partial charge in [-0.2, -0.15) is 18.3 Å². The van der Waals surface area contributed by atoms with Crippen molar-refractivity contribution in [3.63, 3.8) is 0 Å². The Hall–Kier alpha value is -4.76. The van der Waals surface area contributed by atoms with Gasteiger partial charge in [-0.15, -0.1) is 0 Å². The van der Waals surface area contributed by atoms with Gasteiger partial charge in [0.25, 0.3) is 5.91 Å². The van der Waals surface area contributed by atoms with Crippen LogP contribution in [0.25, 0.3) is 22.2 Å². The standard InChI is InChI=1S/C33H31F4N5O6/c1-31(30(44)39-21-13-47-14-21)16-48-28-23(31)11-25(40-27(28)17-3-5-20(34)6-4-17)32(45,33(35,36)37)15-38-29(43)18-9-19-12-42(22-7-8-22)41-26(19)24(10-18)46-2/h3-6,9-12,21-22,45H,7-8,13-16H2,1-2H3,(H,38,43)(H,39,44)/t31-,32-/m0/s1. The lowest BCUT2D eigenvalue weighted by Crippen LogP contribution is -2.54. The fourth-order valence-electron chi connectivity index (χ4n) is 5.83. The summed E-state index contributed by atoms with van der Waals surface area (Å²) in [4.78, 5) is 31.0. The van der Waals surface area contributed by atoms with Crippen LogP contribution < -0.4 is 20.1 Å². The van der Waals surface area contributed by atoms with E-state index in [4.69, 9.17) is 14.2 Å². The molecule has 15 heteroatoms. The molecule has 252 valence electrons. The third-order valence-corrected chi connectivity index (χ3v) is 9.06. The van der Waals surface area contributed by atoms with Gasteiger partial charge in [0.15, 0.2) is 0 Å². The Bertz CT molecular complexity index is 1920. The van der Waals surface area contributed by atoms with Crippen LogP contribution in [0.4, 0.5) is 17.6 Å². The van der Waals surface area contributed by atoms with Crippen LogP contribution in [0.2, 0.25) is 0 Å². The van der Waals surface area contributed by atoms with Crippen molar-refractivity contribution in [2.45, 2.75) is 49.0 Å². The highest BCUT2D eigenvalue weighted by molar-refractivity contribution is 6.00. The Kier molecular flexibility index (Phi) is 7.58. The molecule has 2 fully saturated rings. The quantitative estimate of drug-likeness (QED) is 0.228. The molecule has 2 atom stereocenters. The largest absolute Gasteiger partial charge is 0.494 e. The van der Waals surface area contributed by atoms with E-state index in [1.807, 2.05) is 0 Å². The summed E-state index contributed by atoms with van der Waals surface area (Å²) in [5.41, 5.74) is -5.50. The summed E-state index contributed by atoms with van der Waals surface area (Å²) in [5.74, 6) is -1.74. The number of fused-ring (bicyclic) bond motifs is 2. The van der Waals surface area contributed by atoms with Crippen LogP contribution in [-0.2, 0) is 20.5 Å². The zero-order chi connectivity index (χ0) is 34.0. The fourth-order valence-corrected chi connectivity index (χ4v) is 5.83. The minimum absolute atomic E-state index is 0.00856. The van der Waals surface area contributed by atoms with Gasteiger partial charge in [0, 0.05) is 28.3 Å². The molecule has 0 spiro atoms. The molecule has 7 rings (SSSR count). The topological polar surface area (TPSA) is 137 Å². The number of aromatic nitrogens is 3. The van der Waals surface area contributed by atoms with Gasteiger partial charge in [-0.1, -0.05) is 0 Å². The highest BCUT2D eigenvalue weighted by Gasteiger charge is 2.58. The van der Waals surface area contributed by atoms with Crippen molar-refractivity contribution in [2.24, 2.45) is 0 Å². The van der Waals surface area contributed by atoms with E-state index in [-0.39, 0.29) is 65.8 Å². The molecular weight excluding hydrogens is 638 g/mol. The number of methoxy groups -OCH3 is 1. The lowest BCUT2D eigenvalue weighted by atomic mass is 9.81. The van der Waals surface area contributed by atoms with E-state index in [0.717, 1.165) is 31.0 Å². The highest BCUT2D eigenvalue weighted by Crippen LogP contribution is 2.48. The molecule has 48 heavy (non-hydrogen) atoms. The lowest BCUT2D eigenvalue weighted by Gasteiger charge is -2.33. The normalized spacial score (nSPS) is 20.4. The minimum Gasteiger partial charge on any atom is -0.494 e. The number of hydrogen-bond acceptors (Lipinski definition) is 8. The molecule has 3 N–H and O–H groups in total. The molecule has 0 radical (unpaired) electrons. The van der Waals surface area contributed by atoms with E-state index in [0.29, 0.717) is 10.9 Å². The Morgan fingerprint density at radius 1 is 1.15 bits per heavy atom. The van der Waals surface area contributed by atoms with Crippen LogP contribution >= 0.6 is 0 Å². The monoisotopic (exact) mass is 669 g/mol. The maximum Gasteiger partial charge on any atom is 0.424 e. The van der Waals surface area contributed by atoms with Gasteiger partial charge >= 0.3 is 6.18 Å². The summed E-state index contributed by atoms with van der Waals surface area (Å²) in [6, 6.07) is 8.60. The number of benzene rings is 2. The van der Waals surface area contributed by atoms with Crippen LogP contribution in [0.5, 0.6) is 11.5 Å². The van der Waals surface area contributed by atoms with Crippen LogP contribution in [-0.4, -0.2) is 77.4 Å². The van der Waals surface area contributed by atoms with Gasteiger partial charge in [-0.05, 0) is 62.2 Å². The summed E-state index contributed by atoms with van der Waals surface area (Å²) < 4.78 is 76.8. The number of amides is 2. The molecule has 0 bridgehead atoms. The molecule has 4 heterocycles. The van der Waals surface area contributed by atoms with Gasteiger partial charge in [0.1, 0.15) is 40.5 Å². The van der Waals surface area contributed by atoms with Gasteiger partial charge in [0.05, 0.1) is 44.6 Å². The first-order valence-corrected chi connectivity index (χ1v) is 15.3. The Morgan fingerprint density at radius 3 is 2.50 bits per heavy atom. The van der Waals surface area contributed by atoms with Gasteiger partial charge in [0.2, 0.25) is 11.5 Å². The first-order valence-electron chi connectivity index (χ1n) is 15.3. The van der Waals surface area contributed by atoms with Crippen LogP contribution in [0.1, 0.15) is 47.4 Å². The van der Waals surface area contributed by atoms with Crippen molar-refractivity contribution in [3.8, 4) is 22.8 Å². The average Bonchev–Trinajstić information content (AvgIpc) is 3.71. The first-order chi connectivity index (χ1) is 22.8. The molecule has 1 saturated carbocycles. The van der Waals surface area contributed by atoms with E-state index in [2.05, 4.69) is 20.7 Å². The second-order valence-electron chi connectivity index (χ2n) is 12.6. The number of rotatable bonds is 9. The van der Waals surface area contributed by atoms with Gasteiger partial charge in [-0.25, -0.2) is 9.37 Å². The number of carbonyl (C=O) groups is 2. The number of carbonyl (C=O) groups excluding carboxylic acids is 2. The van der Waals surface area contributed by atoms with E-state index >= 15 is 0 Å². The molecule has 4 aromatic rings. The van der Waals surface area contributed by atoms with Crippen molar-refractivity contribution >= 4 is 22.7 Å². The summed E-state index contributed by atoms with van der Waals surface area (Å²) in [7, 11) is 1.39. The number of ether oxygens (including phenoxy) is 3. The molecule has 1 aliphatic carbocycles. The van der Waals surface area contributed by atoms with Crippen molar-refractivity contribution in [1.29, 1.82) is 0 Å². The SMILES string of the molecule is COc1cc(C(=O)NC[C@](O)(c2cc3c(c(-c4ccc(F)cc4)n2)OC[C@]3(C)C(=O)NC2COC2)C(F)(F)F)cc2cn(C3CC3)nc12. The molecule has 2 aromatic carbocycles. The van der Waals surface area contributed by atoms with Crippen LogP contribution in [0.3, 0.4) is 0 Å². The third-order valence-electron chi connectivity index (χ3n) is 9.06. The molecule has 1 saturated heterocycles. The Labute approximate surface area is 271 Å². The first kappa shape index (κ1) is 31.8. The third kappa shape index (κ3) is 5.40. The lowest BCUT2D eigenvalue weighted by molar-refractivity contribution is -0.265. The summed E-state index contributed by atoms with van der Waals surface area (Å²) in [5, 5.41) is 21.6. The molecule has 2 amide bonds. The molecule has 2 aromatic heterocycles. The number of pyridine rings is 1. The number of nitrogens with one attached hydrogen (secondary N) is 2. The number of hydrogen-bond donors (Lipinski definition) is 3. The van der Waals surface area contributed by atoms with E-state index < -0.39 is 47.1 Å². The van der Waals surface area contributed by atoms with Crippen LogP contribution in [0.15, 0.2) is 48.7 Å². The van der Waals surface area contributed by atoms with E-state index in [1.165, 1.54) is 38.3 Å². The van der Waals surface area contributed by atoms with Crippen molar-refractivity contribution in [1.82, 2.24) is 25.4 Å². The summed E-state index contributed by atoms with van der Waals surface area (Å²) in [6.07, 6.45) is -1.68. The molecule has 3 aliphatic rings. The van der Waals surface area contributed by atoms with Crippen LogP contribution in [0, 0.1) is 5.82 Å². The predicted molar refractivity (Wildman–Crippen MR) is 162 cm³/mol. The minimum atomic E-state index is -5.35. The second-order valence-corrected chi connectivity index (χ2v) is 12.6. The smallest absolute Gasteiger partial charge is 0.424 e. The Morgan fingerprint density at radius 2 is 1.88 bits per heavy atom. The zero-order valence-corrected chi connectivity index (χ0v) is 25.9. The molecule has 2 aliphatic heterocycles. The number of alkyl halides is 3. The number of nitrogens with zero attached hydrogens (tertiary/aromatic N) is 3. The fraction of sp³-hybridized carbons (Fsp3) is 0.394. The Balaban J connectivity index is 1.26.